The second kappa shape index (κ2) is 10.8. The predicted octanol–water partition coefficient (Wildman–Crippen LogP) is 2.34. The average molecular weight is 543 g/mol. The molecule has 1 spiro atoms. The molecule has 11 heteroatoms. The molecule has 4 aliphatic heterocycles. The van der Waals surface area contributed by atoms with Crippen molar-refractivity contribution in [1.29, 1.82) is 0 Å². The number of pyridine rings is 1. The van der Waals surface area contributed by atoms with Gasteiger partial charge in [0.15, 0.2) is 17.4 Å². The lowest BCUT2D eigenvalue weighted by atomic mass is 9.73. The van der Waals surface area contributed by atoms with Crippen molar-refractivity contribution in [1.82, 2.24) is 20.3 Å². The molecule has 10 nitrogen and oxygen atoms in total. The molecule has 2 N–H and O–H groups in total. The lowest BCUT2D eigenvalue weighted by Gasteiger charge is -2.43. The van der Waals surface area contributed by atoms with E-state index in [0.717, 1.165) is 79.4 Å². The van der Waals surface area contributed by atoms with Crippen LogP contribution >= 0.6 is 11.8 Å². The fourth-order valence-electron chi connectivity index (χ4n) is 6.88. The van der Waals surface area contributed by atoms with E-state index < -0.39 is 0 Å². The normalized spacial score (nSPS) is 27.9. The Balaban J connectivity index is 1.17. The van der Waals surface area contributed by atoms with Crippen LogP contribution in [0.25, 0.3) is 0 Å². The predicted molar refractivity (Wildman–Crippen MR) is 145 cm³/mol. The molecule has 4 aliphatic rings. The first-order valence-electron chi connectivity index (χ1n) is 13.6. The molecule has 2 aromatic heterocycles. The van der Waals surface area contributed by atoms with Gasteiger partial charge in [0.1, 0.15) is 17.3 Å². The van der Waals surface area contributed by atoms with Gasteiger partial charge in [-0.25, -0.2) is 15.0 Å². The number of nitrogens with one attached hydrogen (secondary N) is 1. The standard InChI is InChI=1S/C27H38N6O4S/c1-17-24(28-2)27(16-37-17)5-8-32(9-6-27)25-20(13-34)31-22(11-30-25)38-21-4-7-29-26-23(21)36-15-19-10-18(14-35-3)12-33(19)26/h4,7,11,17-19,24,28,34H,5-6,8-10,12-16H2,1-3H3/t17-,18?,19-,24+/m0/s1. The molecule has 0 aromatic carbocycles. The molecule has 6 heterocycles. The summed E-state index contributed by atoms with van der Waals surface area (Å²) in [7, 11) is 3.79. The van der Waals surface area contributed by atoms with Gasteiger partial charge in [0.25, 0.3) is 0 Å². The van der Waals surface area contributed by atoms with Crippen molar-refractivity contribution in [2.24, 2.45) is 11.3 Å². The Morgan fingerprint density at radius 3 is 2.87 bits per heavy atom. The molecule has 0 bridgehead atoms. The molecule has 0 aliphatic carbocycles. The first-order valence-corrected chi connectivity index (χ1v) is 14.4. The van der Waals surface area contributed by atoms with E-state index in [-0.39, 0.29) is 18.1 Å². The minimum atomic E-state index is -0.154. The fraction of sp³-hybridized carbons (Fsp3) is 0.667. The minimum Gasteiger partial charge on any atom is -0.486 e. The van der Waals surface area contributed by atoms with E-state index in [2.05, 4.69) is 27.0 Å². The number of rotatable bonds is 7. The maximum atomic E-state index is 10.2. The number of hydrogen-bond acceptors (Lipinski definition) is 11. The summed E-state index contributed by atoms with van der Waals surface area (Å²) in [6, 6.07) is 2.66. The number of hydrogen-bond donors (Lipinski definition) is 2. The van der Waals surface area contributed by atoms with Crippen molar-refractivity contribution < 1.29 is 19.3 Å². The second-order valence-electron chi connectivity index (χ2n) is 11.0. The monoisotopic (exact) mass is 542 g/mol. The second-order valence-corrected chi connectivity index (χ2v) is 12.1. The molecular weight excluding hydrogens is 504 g/mol. The summed E-state index contributed by atoms with van der Waals surface area (Å²) in [4.78, 5) is 19.8. The van der Waals surface area contributed by atoms with E-state index in [1.807, 2.05) is 25.5 Å². The maximum absolute atomic E-state index is 10.2. The molecule has 0 saturated carbocycles. The van der Waals surface area contributed by atoms with Crippen LogP contribution in [0.5, 0.6) is 5.75 Å². The van der Waals surface area contributed by atoms with E-state index in [4.69, 9.17) is 24.2 Å². The molecule has 0 amide bonds. The molecule has 3 saturated heterocycles. The van der Waals surface area contributed by atoms with Gasteiger partial charge in [-0.1, -0.05) is 11.8 Å². The molecule has 0 radical (unpaired) electrons. The number of aliphatic hydroxyl groups is 1. The van der Waals surface area contributed by atoms with Crippen LogP contribution in [0.15, 0.2) is 28.4 Å². The van der Waals surface area contributed by atoms with Gasteiger partial charge in [-0.2, -0.15) is 0 Å². The Labute approximate surface area is 228 Å². The van der Waals surface area contributed by atoms with Crippen LogP contribution in [0.1, 0.15) is 31.9 Å². The highest BCUT2D eigenvalue weighted by atomic mass is 32.2. The number of nitrogens with zero attached hydrogens (tertiary/aromatic N) is 5. The van der Waals surface area contributed by atoms with Crippen LogP contribution < -0.4 is 19.9 Å². The first-order chi connectivity index (χ1) is 18.5. The van der Waals surface area contributed by atoms with Crippen LogP contribution in [0.3, 0.4) is 0 Å². The molecular formula is C27H38N6O4S. The smallest absolute Gasteiger partial charge is 0.175 e. The zero-order valence-corrected chi connectivity index (χ0v) is 23.2. The van der Waals surface area contributed by atoms with Gasteiger partial charge >= 0.3 is 0 Å². The fourth-order valence-corrected chi connectivity index (χ4v) is 7.74. The van der Waals surface area contributed by atoms with Crippen molar-refractivity contribution in [3.63, 3.8) is 0 Å². The zero-order valence-electron chi connectivity index (χ0n) is 22.4. The van der Waals surface area contributed by atoms with E-state index in [1.54, 1.807) is 7.11 Å². The van der Waals surface area contributed by atoms with Crippen molar-refractivity contribution >= 4 is 23.4 Å². The van der Waals surface area contributed by atoms with Crippen LogP contribution in [0.2, 0.25) is 0 Å². The van der Waals surface area contributed by atoms with E-state index in [9.17, 15) is 5.11 Å². The zero-order chi connectivity index (χ0) is 26.3. The minimum absolute atomic E-state index is 0.154. The number of anilines is 2. The summed E-state index contributed by atoms with van der Waals surface area (Å²) in [6.07, 6.45) is 6.97. The van der Waals surface area contributed by atoms with Gasteiger partial charge in [-0.15, -0.1) is 0 Å². The molecule has 3 fully saturated rings. The lowest BCUT2D eigenvalue weighted by Crippen LogP contribution is -2.52. The first kappa shape index (κ1) is 26.1. The van der Waals surface area contributed by atoms with Crippen LogP contribution in [0, 0.1) is 11.3 Å². The number of piperidine rings is 1. The average Bonchev–Trinajstić information content (AvgIpc) is 3.49. The molecule has 6 rings (SSSR count). The third-order valence-electron chi connectivity index (χ3n) is 8.74. The highest BCUT2D eigenvalue weighted by Crippen LogP contribution is 2.46. The van der Waals surface area contributed by atoms with Gasteiger partial charge in [-0.3, -0.25) is 0 Å². The van der Waals surface area contributed by atoms with Crippen molar-refractivity contribution in [3.8, 4) is 5.75 Å². The Bertz CT molecular complexity index is 1150. The quantitative estimate of drug-likeness (QED) is 0.539. The summed E-state index contributed by atoms with van der Waals surface area (Å²) < 4.78 is 17.6. The topological polar surface area (TPSA) is 105 Å². The Kier molecular flexibility index (Phi) is 7.38. The van der Waals surface area contributed by atoms with Crippen LogP contribution in [0.4, 0.5) is 11.6 Å². The third-order valence-corrected chi connectivity index (χ3v) is 9.69. The molecule has 1 unspecified atom stereocenters. The van der Waals surface area contributed by atoms with Crippen LogP contribution in [-0.4, -0.2) is 91.9 Å². The van der Waals surface area contributed by atoms with Crippen molar-refractivity contribution in [3.05, 3.63) is 24.2 Å². The largest absolute Gasteiger partial charge is 0.486 e. The molecule has 2 aromatic rings. The summed E-state index contributed by atoms with van der Waals surface area (Å²) in [5.74, 6) is 2.96. The number of aromatic nitrogens is 3. The number of methoxy groups -OCH3 is 1. The third kappa shape index (κ3) is 4.62. The van der Waals surface area contributed by atoms with E-state index in [1.165, 1.54) is 11.8 Å². The number of ether oxygens (including phenoxy) is 3. The Morgan fingerprint density at radius 2 is 2.11 bits per heavy atom. The van der Waals surface area contributed by atoms with Gasteiger partial charge in [0.05, 0.1) is 43.1 Å². The highest BCUT2D eigenvalue weighted by Gasteiger charge is 2.49. The molecule has 4 atom stereocenters. The van der Waals surface area contributed by atoms with Gasteiger partial charge in [-0.05, 0) is 39.3 Å². The van der Waals surface area contributed by atoms with Crippen molar-refractivity contribution in [2.75, 3.05) is 63.4 Å². The lowest BCUT2D eigenvalue weighted by molar-refractivity contribution is 0.0972. The number of aliphatic hydroxyl groups excluding tert-OH is 1. The summed E-state index contributed by atoms with van der Waals surface area (Å²) in [5, 5.41) is 14.4. The summed E-state index contributed by atoms with van der Waals surface area (Å²) in [6.45, 7) is 6.86. The van der Waals surface area contributed by atoms with Gasteiger partial charge in [0, 0.05) is 50.3 Å². The van der Waals surface area contributed by atoms with Crippen molar-refractivity contribution in [2.45, 2.75) is 60.9 Å². The molecule has 206 valence electrons. The maximum Gasteiger partial charge on any atom is 0.175 e. The van der Waals surface area contributed by atoms with E-state index in [0.29, 0.717) is 30.3 Å². The highest BCUT2D eigenvalue weighted by molar-refractivity contribution is 7.99. The summed E-state index contributed by atoms with van der Waals surface area (Å²) in [5.41, 5.74) is 0.768. The molecule has 38 heavy (non-hydrogen) atoms. The SMILES string of the molecule is CN[C@@H]1[C@H](C)OCC12CCN(c1ncc(Sc3ccnc4c3OC[C@@H]3CC(COC)CN43)nc1CO)CC2. The number of likely N-dealkylation sites (N-methyl/N-ethyl adjacent to an activating group) is 1. The van der Waals surface area contributed by atoms with Gasteiger partial charge < -0.3 is 34.4 Å². The number of fused-ring (bicyclic) bond motifs is 3. The van der Waals surface area contributed by atoms with E-state index >= 15 is 0 Å². The van der Waals surface area contributed by atoms with Crippen LogP contribution in [-0.2, 0) is 16.1 Å². The summed E-state index contributed by atoms with van der Waals surface area (Å²) >= 11 is 1.51. The Morgan fingerprint density at radius 1 is 1.26 bits per heavy atom. The Hall–Kier alpha value is -2.18. The van der Waals surface area contributed by atoms with Gasteiger partial charge in [0.2, 0.25) is 0 Å².